The normalized spacial score (nSPS) is 12.4. The zero-order valence-corrected chi connectivity index (χ0v) is 16.1. The third kappa shape index (κ3) is 3.56. The fourth-order valence-electron chi connectivity index (χ4n) is 3.26. The van der Waals surface area contributed by atoms with E-state index in [1.807, 2.05) is 0 Å². The van der Waals surface area contributed by atoms with Crippen LogP contribution in [-0.2, 0) is 0 Å². The standard InChI is InChI=1S/C22H13N3O7/c26-19(23-14-6-4-12(5-7-14)22(29)30)13-2-1-3-15(10-13)24-20(27)17-9-8-16(25(31)32)11-18(17)21(24)28/h1-11H,(H,23,26)(H,29,30)/p-1. The van der Waals surface area contributed by atoms with Gasteiger partial charge in [0.15, 0.2) is 0 Å². The zero-order chi connectivity index (χ0) is 23.0. The van der Waals surface area contributed by atoms with Crippen LogP contribution in [0.2, 0.25) is 0 Å². The number of nitro benzene ring substituents is 1. The first-order valence-electron chi connectivity index (χ1n) is 9.16. The zero-order valence-electron chi connectivity index (χ0n) is 16.1. The van der Waals surface area contributed by atoms with Gasteiger partial charge in [-0.1, -0.05) is 18.2 Å². The maximum absolute atomic E-state index is 12.8. The summed E-state index contributed by atoms with van der Waals surface area (Å²) in [5.74, 6) is -3.29. The Hall–Kier alpha value is -4.86. The number of nitro groups is 1. The predicted octanol–water partition coefficient (Wildman–Crippen LogP) is 2.01. The second kappa shape index (κ2) is 7.76. The molecule has 0 aliphatic carbocycles. The summed E-state index contributed by atoms with van der Waals surface area (Å²) in [7, 11) is 0. The molecular formula is C22H12N3O7-. The van der Waals surface area contributed by atoms with Crippen LogP contribution < -0.4 is 15.3 Å². The van der Waals surface area contributed by atoms with Crippen LogP contribution in [0.4, 0.5) is 17.1 Å². The number of carbonyl (C=O) groups excluding carboxylic acids is 4. The molecule has 1 aliphatic heterocycles. The molecule has 10 nitrogen and oxygen atoms in total. The smallest absolute Gasteiger partial charge is 0.270 e. The van der Waals surface area contributed by atoms with Crippen LogP contribution in [0, 0.1) is 10.1 Å². The monoisotopic (exact) mass is 430 g/mol. The summed E-state index contributed by atoms with van der Waals surface area (Å²) in [5, 5.41) is 24.4. The molecule has 0 radical (unpaired) electrons. The van der Waals surface area contributed by atoms with Crippen molar-refractivity contribution >= 4 is 40.8 Å². The molecular weight excluding hydrogens is 418 g/mol. The predicted molar refractivity (Wildman–Crippen MR) is 109 cm³/mol. The Labute approximate surface area is 179 Å². The van der Waals surface area contributed by atoms with Gasteiger partial charge in [-0.15, -0.1) is 0 Å². The molecule has 32 heavy (non-hydrogen) atoms. The first kappa shape index (κ1) is 20.4. The van der Waals surface area contributed by atoms with Gasteiger partial charge < -0.3 is 15.2 Å². The highest BCUT2D eigenvalue weighted by atomic mass is 16.6. The number of hydrogen-bond donors (Lipinski definition) is 1. The summed E-state index contributed by atoms with van der Waals surface area (Å²) in [4.78, 5) is 60.1. The minimum atomic E-state index is -1.35. The van der Waals surface area contributed by atoms with Crippen molar-refractivity contribution in [3.8, 4) is 0 Å². The van der Waals surface area contributed by atoms with E-state index in [1.54, 1.807) is 0 Å². The van der Waals surface area contributed by atoms with Crippen LogP contribution in [-0.4, -0.2) is 28.6 Å². The van der Waals surface area contributed by atoms with Gasteiger partial charge in [0.25, 0.3) is 23.4 Å². The van der Waals surface area contributed by atoms with Crippen molar-refractivity contribution in [2.24, 2.45) is 0 Å². The Balaban J connectivity index is 1.59. The highest BCUT2D eigenvalue weighted by Crippen LogP contribution is 2.31. The van der Waals surface area contributed by atoms with E-state index in [9.17, 15) is 34.4 Å². The van der Waals surface area contributed by atoms with Gasteiger partial charge in [-0.2, -0.15) is 0 Å². The number of amides is 3. The second-order valence-electron chi connectivity index (χ2n) is 6.80. The van der Waals surface area contributed by atoms with Crippen LogP contribution in [0.5, 0.6) is 0 Å². The molecule has 4 rings (SSSR count). The minimum Gasteiger partial charge on any atom is -0.545 e. The highest BCUT2D eigenvalue weighted by molar-refractivity contribution is 6.34. The summed E-state index contributed by atoms with van der Waals surface area (Å²) in [6, 6.07) is 14.5. The SMILES string of the molecule is O=C([O-])c1ccc(NC(=O)c2cccc(N3C(=O)c4ccc([N+](=O)[O-])cc4C3=O)c2)cc1. The van der Waals surface area contributed by atoms with Crippen LogP contribution in [0.15, 0.2) is 66.7 Å². The lowest BCUT2D eigenvalue weighted by Crippen LogP contribution is -2.29. The van der Waals surface area contributed by atoms with Crippen LogP contribution in [0.25, 0.3) is 0 Å². The Morgan fingerprint density at radius 2 is 1.53 bits per heavy atom. The highest BCUT2D eigenvalue weighted by Gasteiger charge is 2.38. The Morgan fingerprint density at radius 1 is 0.844 bits per heavy atom. The molecule has 0 bridgehead atoms. The molecule has 3 amide bonds. The van der Waals surface area contributed by atoms with Gasteiger partial charge >= 0.3 is 0 Å². The summed E-state index contributed by atoms with van der Waals surface area (Å²) in [6.45, 7) is 0. The number of rotatable bonds is 5. The van der Waals surface area contributed by atoms with Crippen molar-refractivity contribution in [1.29, 1.82) is 0 Å². The van der Waals surface area contributed by atoms with Crippen molar-refractivity contribution in [3.63, 3.8) is 0 Å². The quantitative estimate of drug-likeness (QED) is 0.369. The van der Waals surface area contributed by atoms with E-state index in [4.69, 9.17) is 0 Å². The van der Waals surface area contributed by atoms with Crippen molar-refractivity contribution < 1.29 is 29.2 Å². The van der Waals surface area contributed by atoms with Gasteiger partial charge in [0.1, 0.15) is 0 Å². The lowest BCUT2D eigenvalue weighted by Gasteiger charge is -2.15. The number of fused-ring (bicyclic) bond motifs is 1. The van der Waals surface area contributed by atoms with E-state index < -0.39 is 28.6 Å². The lowest BCUT2D eigenvalue weighted by atomic mass is 10.1. The number of benzene rings is 3. The summed E-state index contributed by atoms with van der Waals surface area (Å²) in [5.41, 5.74) is 0.169. The number of aromatic carboxylic acids is 1. The van der Waals surface area contributed by atoms with Gasteiger partial charge in [0.05, 0.1) is 27.7 Å². The number of anilines is 2. The molecule has 10 heteroatoms. The van der Waals surface area contributed by atoms with E-state index >= 15 is 0 Å². The molecule has 1 aliphatic rings. The fraction of sp³-hybridized carbons (Fsp3) is 0. The molecule has 0 saturated heterocycles. The van der Waals surface area contributed by atoms with Crippen LogP contribution in [0.3, 0.4) is 0 Å². The summed E-state index contributed by atoms with van der Waals surface area (Å²) in [6.07, 6.45) is 0. The van der Waals surface area contributed by atoms with E-state index in [-0.39, 0.29) is 33.6 Å². The number of hydrogen-bond acceptors (Lipinski definition) is 7. The van der Waals surface area contributed by atoms with Gasteiger partial charge in [0.2, 0.25) is 0 Å². The van der Waals surface area contributed by atoms with Crippen LogP contribution in [0.1, 0.15) is 41.4 Å². The van der Waals surface area contributed by atoms with Crippen molar-refractivity contribution in [1.82, 2.24) is 0 Å². The molecule has 3 aromatic carbocycles. The number of carbonyl (C=O) groups is 4. The second-order valence-corrected chi connectivity index (χ2v) is 6.80. The molecule has 0 spiro atoms. The molecule has 1 N–H and O–H groups in total. The number of non-ortho nitro benzene ring substituents is 1. The van der Waals surface area contributed by atoms with Gasteiger partial charge in [-0.3, -0.25) is 24.5 Å². The Morgan fingerprint density at radius 3 is 2.19 bits per heavy atom. The van der Waals surface area contributed by atoms with Gasteiger partial charge in [-0.05, 0) is 42.0 Å². The molecule has 0 saturated carbocycles. The molecule has 0 atom stereocenters. The van der Waals surface area contributed by atoms with E-state index in [0.717, 1.165) is 17.0 Å². The molecule has 3 aromatic rings. The average molecular weight is 430 g/mol. The minimum absolute atomic E-state index is 0.0310. The molecule has 158 valence electrons. The number of carboxylic acids is 1. The third-order valence-corrected chi connectivity index (χ3v) is 4.83. The first-order chi connectivity index (χ1) is 15.3. The molecule has 1 heterocycles. The maximum atomic E-state index is 12.8. The summed E-state index contributed by atoms with van der Waals surface area (Å²) < 4.78 is 0. The molecule has 0 fully saturated rings. The average Bonchev–Trinajstić information content (AvgIpc) is 3.03. The molecule has 0 aromatic heterocycles. The number of carboxylic acid groups (broad SMARTS) is 1. The van der Waals surface area contributed by atoms with Crippen molar-refractivity contribution in [3.05, 3.63) is 99.1 Å². The largest absolute Gasteiger partial charge is 0.545 e. The molecule has 0 unspecified atom stereocenters. The first-order valence-corrected chi connectivity index (χ1v) is 9.16. The summed E-state index contributed by atoms with van der Waals surface area (Å²) >= 11 is 0. The van der Waals surface area contributed by atoms with Crippen molar-refractivity contribution in [2.45, 2.75) is 0 Å². The lowest BCUT2D eigenvalue weighted by molar-refractivity contribution is -0.384. The topological polar surface area (TPSA) is 150 Å². The van der Waals surface area contributed by atoms with E-state index in [0.29, 0.717) is 5.69 Å². The van der Waals surface area contributed by atoms with Gasteiger partial charge in [0, 0.05) is 23.4 Å². The Kier molecular flexibility index (Phi) is 4.95. The number of nitrogens with zero attached hydrogens (tertiary/aromatic N) is 2. The van der Waals surface area contributed by atoms with E-state index in [2.05, 4.69) is 5.32 Å². The number of imide groups is 1. The third-order valence-electron chi connectivity index (χ3n) is 4.83. The number of nitrogens with one attached hydrogen (secondary N) is 1. The van der Waals surface area contributed by atoms with Crippen molar-refractivity contribution in [2.75, 3.05) is 10.2 Å². The van der Waals surface area contributed by atoms with E-state index in [1.165, 1.54) is 54.6 Å². The maximum Gasteiger partial charge on any atom is 0.270 e. The Bertz CT molecular complexity index is 1320. The fourth-order valence-corrected chi connectivity index (χ4v) is 3.26. The van der Waals surface area contributed by atoms with Gasteiger partial charge in [-0.25, -0.2) is 4.90 Å². The van der Waals surface area contributed by atoms with Crippen LogP contribution >= 0.6 is 0 Å².